The monoisotopic (exact) mass is 295 g/mol. The van der Waals surface area contributed by atoms with E-state index in [0.29, 0.717) is 5.16 Å². The van der Waals surface area contributed by atoms with Gasteiger partial charge in [0.05, 0.1) is 4.47 Å². The normalized spacial score (nSPS) is 10.4. The molecular formula is C11H10BrN3S. The molecule has 82 valence electrons. The number of hydrogen-bond donors (Lipinski definition) is 0. The van der Waals surface area contributed by atoms with E-state index in [0.717, 1.165) is 15.2 Å². The first-order chi connectivity index (χ1) is 7.63. The number of rotatable bonds is 2. The van der Waals surface area contributed by atoms with Gasteiger partial charge in [0.15, 0.2) is 5.16 Å². The predicted octanol–water partition coefficient (Wildman–Crippen LogP) is 3.40. The zero-order valence-electron chi connectivity index (χ0n) is 8.94. The third-order valence-corrected chi connectivity index (χ3v) is 3.09. The molecule has 0 aliphatic rings. The Morgan fingerprint density at radius 1 is 1.12 bits per heavy atom. The molecule has 0 radical (unpaired) electrons. The summed E-state index contributed by atoms with van der Waals surface area (Å²) in [6.45, 7) is 4.04. The Balaban J connectivity index is 2.23. The highest BCUT2D eigenvalue weighted by atomic mass is 79.9. The first-order valence-corrected chi connectivity index (χ1v) is 6.35. The van der Waals surface area contributed by atoms with Gasteiger partial charge in [0.2, 0.25) is 0 Å². The van der Waals surface area contributed by atoms with Crippen molar-refractivity contribution in [2.45, 2.75) is 24.0 Å². The summed E-state index contributed by atoms with van der Waals surface area (Å²) in [6, 6.07) is 4.08. The predicted molar refractivity (Wildman–Crippen MR) is 67.6 cm³/mol. The molecule has 5 heteroatoms. The van der Waals surface area contributed by atoms with Crippen molar-refractivity contribution in [3.63, 3.8) is 0 Å². The summed E-state index contributed by atoms with van der Waals surface area (Å²) in [5, 5.41) is 1.64. The molecule has 0 fully saturated rings. The molecule has 0 saturated carbocycles. The van der Waals surface area contributed by atoms with Crippen LogP contribution in [0.5, 0.6) is 0 Å². The maximum atomic E-state index is 4.42. The van der Waals surface area contributed by atoms with Crippen LogP contribution in [0, 0.1) is 13.8 Å². The lowest BCUT2D eigenvalue weighted by atomic mass is 10.3. The van der Waals surface area contributed by atoms with Gasteiger partial charge in [-0.1, -0.05) is 0 Å². The van der Waals surface area contributed by atoms with Crippen LogP contribution in [0.15, 0.2) is 39.2 Å². The van der Waals surface area contributed by atoms with Crippen molar-refractivity contribution >= 4 is 27.7 Å². The lowest BCUT2D eigenvalue weighted by Gasteiger charge is -2.02. The first kappa shape index (κ1) is 11.5. The zero-order chi connectivity index (χ0) is 11.5. The molecule has 2 rings (SSSR count). The van der Waals surface area contributed by atoms with Crippen LogP contribution in [-0.2, 0) is 0 Å². The van der Waals surface area contributed by atoms with Crippen LogP contribution in [0.2, 0.25) is 0 Å². The van der Waals surface area contributed by atoms with Gasteiger partial charge in [-0.25, -0.2) is 15.0 Å². The van der Waals surface area contributed by atoms with E-state index in [1.807, 2.05) is 19.1 Å². The third-order valence-electron chi connectivity index (χ3n) is 1.87. The average Bonchev–Trinajstić information content (AvgIpc) is 2.20. The fourth-order valence-corrected chi connectivity index (χ4v) is 2.34. The zero-order valence-corrected chi connectivity index (χ0v) is 11.3. The number of hydrogen-bond acceptors (Lipinski definition) is 4. The van der Waals surface area contributed by atoms with Crippen LogP contribution >= 0.6 is 27.7 Å². The Kier molecular flexibility index (Phi) is 3.56. The highest BCUT2D eigenvalue weighted by Gasteiger charge is 2.03. The maximum absolute atomic E-state index is 4.42. The van der Waals surface area contributed by atoms with Gasteiger partial charge >= 0.3 is 0 Å². The van der Waals surface area contributed by atoms with Gasteiger partial charge in [-0.15, -0.1) is 0 Å². The van der Waals surface area contributed by atoms with E-state index >= 15 is 0 Å². The summed E-state index contributed by atoms with van der Waals surface area (Å²) < 4.78 is 0.880. The Labute approximate surface area is 107 Å². The molecule has 0 atom stereocenters. The second-order valence-electron chi connectivity index (χ2n) is 3.41. The minimum Gasteiger partial charge on any atom is -0.246 e. The van der Waals surface area contributed by atoms with Crippen molar-refractivity contribution in [3.05, 3.63) is 40.3 Å². The van der Waals surface area contributed by atoms with Gasteiger partial charge in [0.25, 0.3) is 0 Å². The summed E-state index contributed by atoms with van der Waals surface area (Å²) in [4.78, 5) is 12.8. The van der Waals surface area contributed by atoms with E-state index in [4.69, 9.17) is 0 Å². The smallest absolute Gasteiger partial charge is 0.193 e. The molecule has 2 aromatic heterocycles. The second-order valence-corrected chi connectivity index (χ2v) is 5.31. The van der Waals surface area contributed by atoms with Crippen LogP contribution in [0.25, 0.3) is 0 Å². The Morgan fingerprint density at radius 2 is 1.81 bits per heavy atom. The summed E-state index contributed by atoms with van der Waals surface area (Å²) in [5.74, 6) is 0. The van der Waals surface area contributed by atoms with E-state index in [1.54, 1.807) is 12.4 Å². The van der Waals surface area contributed by atoms with E-state index in [2.05, 4.69) is 37.8 Å². The number of aromatic nitrogens is 3. The summed E-state index contributed by atoms with van der Waals surface area (Å²) >= 11 is 4.77. The molecule has 2 heterocycles. The fourth-order valence-electron chi connectivity index (χ4n) is 1.30. The molecule has 0 N–H and O–H groups in total. The first-order valence-electron chi connectivity index (χ1n) is 4.74. The molecule has 0 unspecified atom stereocenters. The minimum absolute atomic E-state index is 0.709. The van der Waals surface area contributed by atoms with E-state index in [1.165, 1.54) is 17.3 Å². The van der Waals surface area contributed by atoms with Crippen LogP contribution < -0.4 is 0 Å². The molecule has 0 aromatic carbocycles. The van der Waals surface area contributed by atoms with Crippen molar-refractivity contribution in [2.24, 2.45) is 0 Å². The molecule has 3 nitrogen and oxygen atoms in total. The second kappa shape index (κ2) is 4.93. The molecular weight excluding hydrogens is 286 g/mol. The quantitative estimate of drug-likeness (QED) is 0.796. The van der Waals surface area contributed by atoms with E-state index in [-0.39, 0.29) is 0 Å². The molecule has 0 amide bonds. The molecule has 0 saturated heterocycles. The molecule has 0 aliphatic carbocycles. The van der Waals surface area contributed by atoms with Gasteiger partial charge in [-0.3, -0.25) is 0 Å². The van der Waals surface area contributed by atoms with Gasteiger partial charge in [0, 0.05) is 18.1 Å². The minimum atomic E-state index is 0.709. The van der Waals surface area contributed by atoms with Crippen molar-refractivity contribution in [1.29, 1.82) is 0 Å². The van der Waals surface area contributed by atoms with Gasteiger partial charge in [-0.05, 0) is 59.2 Å². The Hall–Kier alpha value is -0.940. The largest absolute Gasteiger partial charge is 0.246 e. The lowest BCUT2D eigenvalue weighted by Crippen LogP contribution is -1.89. The van der Waals surface area contributed by atoms with Crippen molar-refractivity contribution in [1.82, 2.24) is 15.0 Å². The molecule has 16 heavy (non-hydrogen) atoms. The van der Waals surface area contributed by atoms with Gasteiger partial charge in [0.1, 0.15) is 5.03 Å². The molecule has 0 aliphatic heterocycles. The van der Waals surface area contributed by atoms with Crippen molar-refractivity contribution in [2.75, 3.05) is 0 Å². The average molecular weight is 296 g/mol. The van der Waals surface area contributed by atoms with Gasteiger partial charge < -0.3 is 0 Å². The molecule has 2 aromatic rings. The Bertz CT molecular complexity index is 479. The Morgan fingerprint density at radius 3 is 2.44 bits per heavy atom. The number of pyridine rings is 1. The third kappa shape index (κ3) is 3.02. The lowest BCUT2D eigenvalue weighted by molar-refractivity contribution is 0.947. The molecule has 0 spiro atoms. The van der Waals surface area contributed by atoms with E-state index < -0.39 is 0 Å². The molecule has 0 bridgehead atoms. The van der Waals surface area contributed by atoms with Gasteiger partial charge in [-0.2, -0.15) is 0 Å². The summed E-state index contributed by atoms with van der Waals surface area (Å²) in [5.41, 5.74) is 2.21. The van der Waals surface area contributed by atoms with Crippen LogP contribution in [0.1, 0.15) is 11.3 Å². The standard InChI is InChI=1S/C11H10BrN3S/c1-7-3-8(2)15-10(4-7)16-11-13-5-9(12)6-14-11/h3-6H,1-2H3. The van der Waals surface area contributed by atoms with Crippen LogP contribution in [0.4, 0.5) is 0 Å². The number of halogens is 1. The fraction of sp³-hybridized carbons (Fsp3) is 0.182. The number of aryl methyl sites for hydroxylation is 2. The highest BCUT2D eigenvalue weighted by molar-refractivity contribution is 9.10. The SMILES string of the molecule is Cc1cc(C)nc(Sc2ncc(Br)cn2)c1. The van der Waals surface area contributed by atoms with Crippen molar-refractivity contribution in [3.8, 4) is 0 Å². The van der Waals surface area contributed by atoms with Crippen LogP contribution in [-0.4, -0.2) is 15.0 Å². The highest BCUT2D eigenvalue weighted by Crippen LogP contribution is 2.24. The maximum Gasteiger partial charge on any atom is 0.193 e. The topological polar surface area (TPSA) is 38.7 Å². The van der Waals surface area contributed by atoms with Crippen molar-refractivity contribution < 1.29 is 0 Å². The van der Waals surface area contributed by atoms with Crippen LogP contribution in [0.3, 0.4) is 0 Å². The summed E-state index contributed by atoms with van der Waals surface area (Å²) in [6.07, 6.45) is 3.47. The van der Waals surface area contributed by atoms with E-state index in [9.17, 15) is 0 Å². The summed E-state index contributed by atoms with van der Waals surface area (Å²) in [7, 11) is 0. The number of nitrogens with zero attached hydrogens (tertiary/aromatic N) is 3.